The van der Waals surface area contributed by atoms with Crippen molar-refractivity contribution in [3.8, 4) is 0 Å². The van der Waals surface area contributed by atoms with Crippen LogP contribution in [0, 0.1) is 5.82 Å². The molecule has 2 saturated heterocycles. The summed E-state index contributed by atoms with van der Waals surface area (Å²) in [5.74, 6) is 1.32. The lowest BCUT2D eigenvalue weighted by Crippen LogP contribution is -2.47. The highest BCUT2D eigenvalue weighted by Gasteiger charge is 2.22. The van der Waals surface area contributed by atoms with Gasteiger partial charge in [0.05, 0.1) is 5.69 Å². The van der Waals surface area contributed by atoms with Crippen LogP contribution in [0.25, 0.3) is 0 Å². The first-order valence-corrected chi connectivity index (χ1v) is 13.2. The number of nitrogens with zero attached hydrogens (tertiary/aromatic N) is 5. The van der Waals surface area contributed by atoms with E-state index in [1.165, 1.54) is 17.8 Å². The van der Waals surface area contributed by atoms with Crippen LogP contribution in [0.1, 0.15) is 28.8 Å². The molecule has 0 N–H and O–H groups in total. The van der Waals surface area contributed by atoms with Crippen molar-refractivity contribution in [2.24, 2.45) is 0 Å². The molecule has 0 bridgehead atoms. The Bertz CT molecular complexity index is 1200. The van der Waals surface area contributed by atoms with Crippen LogP contribution < -0.4 is 9.80 Å². The summed E-state index contributed by atoms with van der Waals surface area (Å²) in [6, 6.07) is 16.4. The zero-order valence-electron chi connectivity index (χ0n) is 19.4. The number of piperazine rings is 1. The second kappa shape index (κ2) is 10.8. The van der Waals surface area contributed by atoms with Crippen LogP contribution in [-0.4, -0.2) is 60.0 Å². The smallest absolute Gasteiger partial charge is 0.253 e. The number of hydrogen-bond donors (Lipinski definition) is 0. The van der Waals surface area contributed by atoms with E-state index in [1.54, 1.807) is 12.1 Å². The molecule has 9 heteroatoms. The Balaban J connectivity index is 1.22. The van der Waals surface area contributed by atoms with E-state index in [4.69, 9.17) is 16.6 Å². The van der Waals surface area contributed by atoms with Gasteiger partial charge in [0.15, 0.2) is 5.16 Å². The molecule has 1 aromatic heterocycles. The number of benzene rings is 2. The van der Waals surface area contributed by atoms with Crippen LogP contribution in [0.4, 0.5) is 15.9 Å². The van der Waals surface area contributed by atoms with Gasteiger partial charge in [0.25, 0.3) is 5.91 Å². The Morgan fingerprint density at radius 1 is 0.914 bits per heavy atom. The topological polar surface area (TPSA) is 52.6 Å². The predicted molar refractivity (Wildman–Crippen MR) is 139 cm³/mol. The monoisotopic (exact) mass is 511 g/mol. The minimum atomic E-state index is -0.198. The van der Waals surface area contributed by atoms with E-state index in [1.807, 2.05) is 41.3 Å². The number of halogens is 2. The van der Waals surface area contributed by atoms with Gasteiger partial charge in [-0.1, -0.05) is 47.6 Å². The Labute approximate surface area is 214 Å². The van der Waals surface area contributed by atoms with Gasteiger partial charge in [0.2, 0.25) is 0 Å². The van der Waals surface area contributed by atoms with E-state index < -0.39 is 0 Å². The Morgan fingerprint density at radius 2 is 1.66 bits per heavy atom. The van der Waals surface area contributed by atoms with Crippen LogP contribution in [0.3, 0.4) is 0 Å². The van der Waals surface area contributed by atoms with Gasteiger partial charge in [-0.05, 0) is 42.7 Å². The molecule has 6 nitrogen and oxygen atoms in total. The zero-order valence-corrected chi connectivity index (χ0v) is 20.9. The summed E-state index contributed by atoms with van der Waals surface area (Å²) in [7, 11) is 0. The maximum atomic E-state index is 14.2. The van der Waals surface area contributed by atoms with Crippen molar-refractivity contribution in [1.82, 2.24) is 14.9 Å². The van der Waals surface area contributed by atoms with Crippen molar-refractivity contribution in [2.45, 2.75) is 23.8 Å². The normalized spacial score (nSPS) is 16.1. The van der Waals surface area contributed by atoms with Gasteiger partial charge in [-0.15, -0.1) is 0 Å². The molecule has 5 rings (SSSR count). The molecule has 35 heavy (non-hydrogen) atoms. The molecular weight excluding hydrogens is 485 g/mol. The third-order valence-corrected chi connectivity index (χ3v) is 7.50. The minimum Gasteiger partial charge on any atom is -0.366 e. The maximum Gasteiger partial charge on any atom is 0.253 e. The van der Waals surface area contributed by atoms with Crippen LogP contribution in [-0.2, 0) is 5.75 Å². The highest BCUT2D eigenvalue weighted by molar-refractivity contribution is 7.98. The van der Waals surface area contributed by atoms with Gasteiger partial charge in [-0.25, -0.2) is 14.4 Å². The summed E-state index contributed by atoms with van der Waals surface area (Å²) in [5, 5.41) is 0.993. The fourth-order valence-electron chi connectivity index (χ4n) is 4.54. The van der Waals surface area contributed by atoms with Crippen molar-refractivity contribution >= 4 is 40.8 Å². The maximum absolute atomic E-state index is 14.2. The number of hydrogen-bond acceptors (Lipinski definition) is 6. The summed E-state index contributed by atoms with van der Waals surface area (Å²) in [6.07, 6.45) is 2.15. The molecule has 182 valence electrons. The molecule has 2 aromatic carbocycles. The van der Waals surface area contributed by atoms with Crippen molar-refractivity contribution < 1.29 is 9.18 Å². The fraction of sp³-hybridized carbons (Fsp3) is 0.346. The van der Waals surface area contributed by atoms with E-state index in [0.29, 0.717) is 47.9 Å². The first-order valence-electron chi connectivity index (χ1n) is 11.9. The lowest BCUT2D eigenvalue weighted by Gasteiger charge is -2.36. The predicted octanol–water partition coefficient (Wildman–Crippen LogP) is 5.12. The first-order chi connectivity index (χ1) is 17.1. The third-order valence-electron chi connectivity index (χ3n) is 6.39. The van der Waals surface area contributed by atoms with Crippen LogP contribution in [0.5, 0.6) is 0 Å². The molecule has 3 aromatic rings. The van der Waals surface area contributed by atoms with Gasteiger partial charge < -0.3 is 14.7 Å². The van der Waals surface area contributed by atoms with Crippen molar-refractivity contribution in [1.29, 1.82) is 0 Å². The van der Waals surface area contributed by atoms with Gasteiger partial charge in [0, 0.05) is 56.7 Å². The first kappa shape index (κ1) is 23.9. The molecular formula is C26H27ClFN5OS. The SMILES string of the molecule is O=C(c1cccc(CSc2nc(Cl)cc(N3CCN(c4ccccc4F)CC3)n2)c1)N1CCCC1. The number of carbonyl (C=O) groups is 1. The van der Waals surface area contributed by atoms with Gasteiger partial charge in [0.1, 0.15) is 16.8 Å². The summed E-state index contributed by atoms with van der Waals surface area (Å²) in [6.45, 7) is 4.50. The zero-order chi connectivity index (χ0) is 24.2. The van der Waals surface area contributed by atoms with E-state index >= 15 is 0 Å². The highest BCUT2D eigenvalue weighted by Crippen LogP contribution is 2.27. The number of aromatic nitrogens is 2. The molecule has 0 aliphatic carbocycles. The molecule has 0 atom stereocenters. The average molecular weight is 512 g/mol. The Morgan fingerprint density at radius 3 is 2.43 bits per heavy atom. The van der Waals surface area contributed by atoms with Gasteiger partial charge in [-0.2, -0.15) is 0 Å². The molecule has 0 unspecified atom stereocenters. The molecule has 1 amide bonds. The van der Waals surface area contributed by atoms with Gasteiger partial charge >= 0.3 is 0 Å². The summed E-state index contributed by atoms with van der Waals surface area (Å²) < 4.78 is 14.2. The minimum absolute atomic E-state index is 0.102. The Hall–Kier alpha value is -2.84. The Kier molecular flexibility index (Phi) is 7.39. The van der Waals surface area contributed by atoms with E-state index in [2.05, 4.69) is 14.8 Å². The summed E-state index contributed by atoms with van der Waals surface area (Å²) in [5.41, 5.74) is 2.41. The number of likely N-dealkylation sites (tertiary alicyclic amines) is 1. The molecule has 0 spiro atoms. The fourth-order valence-corrected chi connectivity index (χ4v) is 5.57. The number of amides is 1. The molecule has 2 fully saturated rings. The molecule has 2 aliphatic rings. The highest BCUT2D eigenvalue weighted by atomic mass is 35.5. The van der Waals surface area contributed by atoms with Crippen LogP contribution in [0.2, 0.25) is 5.15 Å². The van der Waals surface area contributed by atoms with Gasteiger partial charge in [-0.3, -0.25) is 4.79 Å². The van der Waals surface area contributed by atoms with Crippen molar-refractivity contribution in [3.05, 3.63) is 76.7 Å². The molecule has 2 aliphatic heterocycles. The van der Waals surface area contributed by atoms with Crippen LogP contribution in [0.15, 0.2) is 59.8 Å². The number of thioether (sulfide) groups is 1. The number of carbonyl (C=O) groups excluding carboxylic acids is 1. The average Bonchev–Trinajstić information content (AvgIpc) is 3.42. The van der Waals surface area contributed by atoms with Crippen LogP contribution >= 0.6 is 23.4 Å². The summed E-state index contributed by atoms with van der Waals surface area (Å²) >= 11 is 7.83. The molecule has 0 radical (unpaired) electrons. The lowest BCUT2D eigenvalue weighted by atomic mass is 10.1. The van der Waals surface area contributed by atoms with Crippen molar-refractivity contribution in [3.63, 3.8) is 0 Å². The van der Waals surface area contributed by atoms with E-state index in [0.717, 1.165) is 42.9 Å². The second-order valence-electron chi connectivity index (χ2n) is 8.75. The standard InChI is InChI=1S/C26H27ClFN5OS/c27-23-17-24(32-14-12-31(13-15-32)22-9-2-1-8-21(22)28)30-26(29-23)35-18-19-6-5-7-20(16-19)25(34)33-10-3-4-11-33/h1-2,5-9,16-17H,3-4,10-15,18H2. The largest absolute Gasteiger partial charge is 0.366 e. The molecule has 0 saturated carbocycles. The quantitative estimate of drug-likeness (QED) is 0.260. The number of anilines is 2. The van der Waals surface area contributed by atoms with Crippen molar-refractivity contribution in [2.75, 3.05) is 49.1 Å². The van der Waals surface area contributed by atoms with E-state index in [9.17, 15) is 9.18 Å². The molecule has 3 heterocycles. The number of rotatable bonds is 6. The summed E-state index contributed by atoms with van der Waals surface area (Å²) in [4.78, 5) is 28.0. The third kappa shape index (κ3) is 5.70. The number of para-hydroxylation sites is 1. The van der Waals surface area contributed by atoms with E-state index in [-0.39, 0.29) is 11.7 Å². The lowest BCUT2D eigenvalue weighted by molar-refractivity contribution is 0.0792. The second-order valence-corrected chi connectivity index (χ2v) is 10.1.